The standard InChI is InChI=1S/C14H21NO4S/c1-3-19-14-7-6-13(9-11(14)2)20(17,18)15-8-4-5-12(16)10-15/h6-7,9,12,16H,3-5,8,10H2,1-2H3. The summed E-state index contributed by atoms with van der Waals surface area (Å²) in [6.45, 7) is 4.90. The van der Waals surface area contributed by atoms with Crippen molar-refractivity contribution in [3.05, 3.63) is 23.8 Å². The fraction of sp³-hybridized carbons (Fsp3) is 0.571. The molecular formula is C14H21NO4S. The molecule has 0 radical (unpaired) electrons. The van der Waals surface area contributed by atoms with E-state index in [4.69, 9.17) is 4.74 Å². The highest BCUT2D eigenvalue weighted by Gasteiger charge is 2.29. The third-order valence-electron chi connectivity index (χ3n) is 3.44. The molecule has 1 aromatic carbocycles. The smallest absolute Gasteiger partial charge is 0.243 e. The molecule has 1 fully saturated rings. The van der Waals surface area contributed by atoms with Gasteiger partial charge in [-0.1, -0.05) is 0 Å². The maximum atomic E-state index is 12.5. The molecule has 1 aromatic rings. The fourth-order valence-electron chi connectivity index (χ4n) is 2.39. The van der Waals surface area contributed by atoms with Crippen LogP contribution in [-0.2, 0) is 10.0 Å². The maximum absolute atomic E-state index is 12.5. The molecule has 1 N–H and O–H groups in total. The van der Waals surface area contributed by atoms with E-state index in [9.17, 15) is 13.5 Å². The first-order valence-electron chi connectivity index (χ1n) is 6.87. The largest absolute Gasteiger partial charge is 0.494 e. The van der Waals surface area contributed by atoms with Crippen molar-refractivity contribution < 1.29 is 18.3 Å². The van der Waals surface area contributed by atoms with E-state index in [0.717, 1.165) is 5.56 Å². The summed E-state index contributed by atoms with van der Waals surface area (Å²) in [6, 6.07) is 4.88. The molecule has 1 unspecified atom stereocenters. The molecule has 0 bridgehead atoms. The third-order valence-corrected chi connectivity index (χ3v) is 5.30. The van der Waals surface area contributed by atoms with Crippen LogP contribution in [-0.4, -0.2) is 43.6 Å². The number of aryl methyl sites for hydroxylation is 1. The van der Waals surface area contributed by atoms with E-state index in [2.05, 4.69) is 0 Å². The highest BCUT2D eigenvalue weighted by Crippen LogP contribution is 2.25. The van der Waals surface area contributed by atoms with Crippen molar-refractivity contribution in [3.8, 4) is 5.75 Å². The third kappa shape index (κ3) is 3.13. The zero-order valence-electron chi connectivity index (χ0n) is 11.9. The Morgan fingerprint density at radius 1 is 1.45 bits per heavy atom. The highest BCUT2D eigenvalue weighted by atomic mass is 32.2. The van der Waals surface area contributed by atoms with Crippen LogP contribution in [0.4, 0.5) is 0 Å². The van der Waals surface area contributed by atoms with Crippen LogP contribution in [0, 0.1) is 6.92 Å². The van der Waals surface area contributed by atoms with E-state index < -0.39 is 16.1 Å². The molecule has 5 nitrogen and oxygen atoms in total. The summed E-state index contributed by atoms with van der Waals surface area (Å²) >= 11 is 0. The molecule has 1 heterocycles. The quantitative estimate of drug-likeness (QED) is 0.916. The number of piperidine rings is 1. The van der Waals surface area contributed by atoms with Crippen molar-refractivity contribution in [1.29, 1.82) is 0 Å². The second kappa shape index (κ2) is 6.11. The molecule has 112 valence electrons. The molecule has 0 amide bonds. The van der Waals surface area contributed by atoms with Crippen LogP contribution in [0.15, 0.2) is 23.1 Å². The van der Waals surface area contributed by atoms with Gasteiger partial charge in [0.25, 0.3) is 0 Å². The Bertz CT molecular complexity index is 571. The van der Waals surface area contributed by atoms with Crippen LogP contribution in [0.3, 0.4) is 0 Å². The molecule has 1 aliphatic heterocycles. The van der Waals surface area contributed by atoms with Crippen molar-refractivity contribution in [2.75, 3.05) is 19.7 Å². The van der Waals surface area contributed by atoms with Gasteiger partial charge in [0.15, 0.2) is 0 Å². The maximum Gasteiger partial charge on any atom is 0.243 e. The van der Waals surface area contributed by atoms with Gasteiger partial charge in [-0.3, -0.25) is 0 Å². The summed E-state index contributed by atoms with van der Waals surface area (Å²) in [6.07, 6.45) is 0.785. The Kier molecular flexibility index (Phi) is 4.67. The molecule has 0 aliphatic carbocycles. The van der Waals surface area contributed by atoms with Gasteiger partial charge in [0.05, 0.1) is 17.6 Å². The van der Waals surface area contributed by atoms with Crippen LogP contribution < -0.4 is 4.74 Å². The lowest BCUT2D eigenvalue weighted by Gasteiger charge is -2.29. The second-order valence-corrected chi connectivity index (χ2v) is 6.96. The summed E-state index contributed by atoms with van der Waals surface area (Å²) in [4.78, 5) is 0.257. The van der Waals surface area contributed by atoms with Gasteiger partial charge in [0.1, 0.15) is 5.75 Å². The van der Waals surface area contributed by atoms with Gasteiger partial charge in [-0.05, 0) is 50.5 Å². The van der Waals surface area contributed by atoms with Crippen LogP contribution in [0.5, 0.6) is 5.75 Å². The Morgan fingerprint density at radius 2 is 2.20 bits per heavy atom. The van der Waals surface area contributed by atoms with Crippen molar-refractivity contribution in [2.24, 2.45) is 0 Å². The van der Waals surface area contributed by atoms with E-state index in [1.54, 1.807) is 18.2 Å². The first kappa shape index (κ1) is 15.3. The first-order chi connectivity index (χ1) is 9.45. The number of hydrogen-bond donors (Lipinski definition) is 1. The number of aliphatic hydroxyl groups is 1. The Morgan fingerprint density at radius 3 is 2.80 bits per heavy atom. The molecule has 20 heavy (non-hydrogen) atoms. The monoisotopic (exact) mass is 299 g/mol. The predicted molar refractivity (Wildman–Crippen MR) is 76.3 cm³/mol. The van der Waals surface area contributed by atoms with Gasteiger partial charge < -0.3 is 9.84 Å². The molecule has 6 heteroatoms. The number of sulfonamides is 1. The van der Waals surface area contributed by atoms with Crippen molar-refractivity contribution in [2.45, 2.75) is 37.7 Å². The Balaban J connectivity index is 2.27. The molecule has 0 aromatic heterocycles. The van der Waals surface area contributed by atoms with Crippen molar-refractivity contribution >= 4 is 10.0 Å². The first-order valence-corrected chi connectivity index (χ1v) is 8.31. The number of β-amino-alcohol motifs (C(OH)–C–C–N with tert-alkyl or cyclic N) is 1. The number of nitrogens with zero attached hydrogens (tertiary/aromatic N) is 1. The van der Waals surface area contributed by atoms with E-state index in [1.807, 2.05) is 13.8 Å². The van der Waals surface area contributed by atoms with Crippen LogP contribution in [0.2, 0.25) is 0 Å². The van der Waals surface area contributed by atoms with Crippen molar-refractivity contribution in [1.82, 2.24) is 4.31 Å². The van der Waals surface area contributed by atoms with Gasteiger partial charge >= 0.3 is 0 Å². The topological polar surface area (TPSA) is 66.8 Å². The normalized spacial score (nSPS) is 20.9. The number of benzene rings is 1. The highest BCUT2D eigenvalue weighted by molar-refractivity contribution is 7.89. The average Bonchev–Trinajstić information content (AvgIpc) is 2.41. The minimum absolute atomic E-state index is 0.175. The zero-order valence-corrected chi connectivity index (χ0v) is 12.7. The lowest BCUT2D eigenvalue weighted by atomic mass is 10.1. The average molecular weight is 299 g/mol. The lowest BCUT2D eigenvalue weighted by molar-refractivity contribution is 0.108. The van der Waals surface area contributed by atoms with Gasteiger partial charge in [0.2, 0.25) is 10.0 Å². The fourth-order valence-corrected chi connectivity index (χ4v) is 3.99. The number of aliphatic hydroxyl groups excluding tert-OH is 1. The SMILES string of the molecule is CCOc1ccc(S(=O)(=O)N2CCCC(O)C2)cc1C. The van der Waals surface area contributed by atoms with E-state index >= 15 is 0 Å². The van der Waals surface area contributed by atoms with E-state index in [1.165, 1.54) is 4.31 Å². The lowest BCUT2D eigenvalue weighted by Crippen LogP contribution is -2.42. The molecule has 0 spiro atoms. The van der Waals surface area contributed by atoms with Gasteiger partial charge in [0, 0.05) is 13.1 Å². The summed E-state index contributed by atoms with van der Waals surface area (Å²) < 4.78 is 31.8. The zero-order chi connectivity index (χ0) is 14.8. The number of rotatable bonds is 4. The van der Waals surface area contributed by atoms with Crippen LogP contribution >= 0.6 is 0 Å². The molecular weight excluding hydrogens is 278 g/mol. The van der Waals surface area contributed by atoms with Crippen LogP contribution in [0.25, 0.3) is 0 Å². The second-order valence-electron chi connectivity index (χ2n) is 5.02. The summed E-state index contributed by atoms with van der Waals surface area (Å²) in [5.41, 5.74) is 0.797. The Labute approximate surface area is 120 Å². The minimum atomic E-state index is -3.53. The summed E-state index contributed by atoms with van der Waals surface area (Å²) in [5, 5.41) is 9.63. The molecule has 1 aliphatic rings. The number of hydrogen-bond acceptors (Lipinski definition) is 4. The van der Waals surface area contributed by atoms with Crippen LogP contribution in [0.1, 0.15) is 25.3 Å². The van der Waals surface area contributed by atoms with Gasteiger partial charge in [-0.15, -0.1) is 0 Å². The van der Waals surface area contributed by atoms with Crippen molar-refractivity contribution in [3.63, 3.8) is 0 Å². The Hall–Kier alpha value is -1.11. The summed E-state index contributed by atoms with van der Waals surface area (Å²) in [5.74, 6) is 0.699. The predicted octanol–water partition coefficient (Wildman–Crippen LogP) is 1.54. The van der Waals surface area contributed by atoms with Gasteiger partial charge in [-0.2, -0.15) is 4.31 Å². The van der Waals surface area contributed by atoms with E-state index in [0.29, 0.717) is 31.7 Å². The van der Waals surface area contributed by atoms with Gasteiger partial charge in [-0.25, -0.2) is 8.42 Å². The summed E-state index contributed by atoms with van der Waals surface area (Å²) in [7, 11) is -3.53. The van der Waals surface area contributed by atoms with E-state index in [-0.39, 0.29) is 11.4 Å². The molecule has 2 rings (SSSR count). The molecule has 0 saturated carbocycles. The number of ether oxygens (including phenoxy) is 1. The molecule has 1 atom stereocenters. The minimum Gasteiger partial charge on any atom is -0.494 e. The molecule has 1 saturated heterocycles.